The fraction of sp³-hybridized carbons (Fsp3) is 0.261. The fourth-order valence-corrected chi connectivity index (χ4v) is 3.32. The number of carbonyl (C=O) groups is 1. The minimum Gasteiger partial charge on any atom is -0.385 e. The van der Waals surface area contributed by atoms with Crippen LogP contribution in [0.15, 0.2) is 70.3 Å². The van der Waals surface area contributed by atoms with Gasteiger partial charge >= 0.3 is 5.69 Å². The second kappa shape index (κ2) is 11.0. The third kappa shape index (κ3) is 5.64. The van der Waals surface area contributed by atoms with E-state index in [1.54, 1.807) is 7.11 Å². The summed E-state index contributed by atoms with van der Waals surface area (Å²) in [4.78, 5) is 41.9. The van der Waals surface area contributed by atoms with E-state index >= 15 is 0 Å². The molecule has 2 aromatic carbocycles. The largest absolute Gasteiger partial charge is 0.385 e. The van der Waals surface area contributed by atoms with Crippen LogP contribution in [0.1, 0.15) is 12.0 Å². The first-order valence-electron chi connectivity index (χ1n) is 10.3. The molecule has 0 radical (unpaired) electrons. The number of rotatable bonds is 10. The molecule has 1 amide bonds. The molecule has 0 saturated carbocycles. The van der Waals surface area contributed by atoms with Crippen molar-refractivity contribution < 1.29 is 9.53 Å². The average Bonchev–Trinajstić information content (AvgIpc) is 2.80. The standard InChI is InChI=1S/C23H27N5O4/c1-32-14-8-13-27(19(29)15-25-18-11-6-3-7-12-18)20-21(24)28(23(31)26-22(20)30)16-17-9-4-2-5-10-17/h2-7,9-12,25H,8,13-16,24H2,1H3,(H,26,30,31). The Balaban J connectivity index is 1.93. The second-order valence-corrected chi connectivity index (χ2v) is 7.18. The first kappa shape index (κ1) is 22.8. The van der Waals surface area contributed by atoms with Crippen molar-refractivity contribution >= 4 is 23.1 Å². The van der Waals surface area contributed by atoms with E-state index in [2.05, 4.69) is 10.3 Å². The zero-order valence-electron chi connectivity index (χ0n) is 17.9. The molecule has 4 N–H and O–H groups in total. The van der Waals surface area contributed by atoms with E-state index in [4.69, 9.17) is 10.5 Å². The molecule has 3 aromatic rings. The molecule has 0 atom stereocenters. The maximum absolute atomic E-state index is 13.1. The first-order chi connectivity index (χ1) is 15.5. The van der Waals surface area contributed by atoms with Crippen LogP contribution in [0.4, 0.5) is 17.2 Å². The number of carbonyl (C=O) groups excluding carboxylic acids is 1. The number of anilines is 3. The van der Waals surface area contributed by atoms with Gasteiger partial charge in [0, 0.05) is 25.9 Å². The number of nitrogens with zero attached hydrogens (tertiary/aromatic N) is 2. The van der Waals surface area contributed by atoms with Gasteiger partial charge in [0.05, 0.1) is 13.1 Å². The number of nitrogens with two attached hydrogens (primary N) is 1. The van der Waals surface area contributed by atoms with Crippen molar-refractivity contribution in [3.05, 3.63) is 87.1 Å². The van der Waals surface area contributed by atoms with Crippen molar-refractivity contribution in [1.82, 2.24) is 9.55 Å². The molecule has 0 unspecified atom stereocenters. The highest BCUT2D eigenvalue weighted by atomic mass is 16.5. The molecule has 0 fully saturated rings. The zero-order valence-corrected chi connectivity index (χ0v) is 17.9. The molecule has 0 aliphatic rings. The number of benzene rings is 2. The number of aromatic nitrogens is 2. The summed E-state index contributed by atoms with van der Waals surface area (Å²) in [5.41, 5.74) is 6.50. The van der Waals surface area contributed by atoms with Crippen molar-refractivity contribution in [3.8, 4) is 0 Å². The van der Waals surface area contributed by atoms with Crippen molar-refractivity contribution in [3.63, 3.8) is 0 Å². The summed E-state index contributed by atoms with van der Waals surface area (Å²) in [6.07, 6.45) is 0.490. The van der Waals surface area contributed by atoms with Gasteiger partial charge in [-0.2, -0.15) is 0 Å². The molecule has 168 valence electrons. The summed E-state index contributed by atoms with van der Waals surface area (Å²) in [5, 5.41) is 3.05. The average molecular weight is 438 g/mol. The van der Waals surface area contributed by atoms with Crippen LogP contribution in [-0.2, 0) is 16.1 Å². The minimum atomic E-state index is -0.706. The Labute approximate surface area is 185 Å². The van der Waals surface area contributed by atoms with Crippen molar-refractivity contribution in [2.45, 2.75) is 13.0 Å². The highest BCUT2D eigenvalue weighted by Gasteiger charge is 2.24. The molecule has 3 rings (SSSR count). The Morgan fingerprint density at radius 2 is 1.75 bits per heavy atom. The van der Waals surface area contributed by atoms with E-state index in [-0.39, 0.29) is 37.0 Å². The highest BCUT2D eigenvalue weighted by molar-refractivity contribution is 5.98. The molecule has 0 bridgehead atoms. The second-order valence-electron chi connectivity index (χ2n) is 7.18. The predicted octanol–water partition coefficient (Wildman–Crippen LogP) is 1.65. The van der Waals surface area contributed by atoms with Gasteiger partial charge in [0.1, 0.15) is 5.82 Å². The van der Waals surface area contributed by atoms with Crippen molar-refractivity contribution in [2.75, 3.05) is 42.8 Å². The number of hydrogen-bond donors (Lipinski definition) is 3. The summed E-state index contributed by atoms with van der Waals surface area (Å²) in [7, 11) is 1.56. The van der Waals surface area contributed by atoms with Crippen LogP contribution in [-0.4, -0.2) is 42.3 Å². The Morgan fingerprint density at radius 1 is 1.09 bits per heavy atom. The van der Waals surface area contributed by atoms with Crippen molar-refractivity contribution in [2.24, 2.45) is 0 Å². The van der Waals surface area contributed by atoms with E-state index in [0.29, 0.717) is 13.0 Å². The molecule has 0 saturated heterocycles. The number of methoxy groups -OCH3 is 1. The van der Waals surface area contributed by atoms with Gasteiger partial charge in [0.25, 0.3) is 5.56 Å². The Bertz CT molecular complexity index is 1140. The summed E-state index contributed by atoms with van der Waals surface area (Å²) in [5.74, 6) is -0.417. The number of nitrogens with one attached hydrogen (secondary N) is 2. The van der Waals surface area contributed by atoms with Gasteiger partial charge in [-0.3, -0.25) is 19.1 Å². The van der Waals surface area contributed by atoms with E-state index < -0.39 is 11.2 Å². The van der Waals surface area contributed by atoms with E-state index in [9.17, 15) is 14.4 Å². The molecule has 32 heavy (non-hydrogen) atoms. The first-order valence-corrected chi connectivity index (χ1v) is 10.3. The number of hydrogen-bond acceptors (Lipinski definition) is 6. The van der Waals surface area contributed by atoms with Crippen LogP contribution >= 0.6 is 0 Å². The van der Waals surface area contributed by atoms with Crippen molar-refractivity contribution in [1.29, 1.82) is 0 Å². The lowest BCUT2D eigenvalue weighted by Gasteiger charge is -2.25. The molecule has 0 aliphatic heterocycles. The van der Waals surface area contributed by atoms with Gasteiger partial charge in [-0.15, -0.1) is 0 Å². The van der Waals surface area contributed by atoms with E-state index in [0.717, 1.165) is 11.3 Å². The lowest BCUT2D eigenvalue weighted by atomic mass is 10.2. The maximum Gasteiger partial charge on any atom is 0.330 e. The molecule has 0 spiro atoms. The van der Waals surface area contributed by atoms with Gasteiger partial charge in [0.15, 0.2) is 5.69 Å². The SMILES string of the molecule is COCCCN(C(=O)CNc1ccccc1)c1c(N)n(Cc2ccccc2)c(=O)[nH]c1=O. The molecule has 9 nitrogen and oxygen atoms in total. The Morgan fingerprint density at radius 3 is 2.41 bits per heavy atom. The molecule has 9 heteroatoms. The smallest absolute Gasteiger partial charge is 0.330 e. The topological polar surface area (TPSA) is 122 Å². The van der Waals surface area contributed by atoms with Crippen LogP contribution in [0, 0.1) is 0 Å². The zero-order chi connectivity index (χ0) is 22.9. The number of ether oxygens (including phenoxy) is 1. The van der Waals surface area contributed by atoms with Gasteiger partial charge in [-0.05, 0) is 24.1 Å². The quantitative estimate of drug-likeness (QED) is 0.415. The van der Waals surface area contributed by atoms with E-state index in [1.165, 1.54) is 9.47 Å². The Hall–Kier alpha value is -3.85. The number of para-hydroxylation sites is 1. The normalized spacial score (nSPS) is 10.7. The molecule has 0 aliphatic carbocycles. The van der Waals surface area contributed by atoms with E-state index in [1.807, 2.05) is 60.7 Å². The predicted molar refractivity (Wildman–Crippen MR) is 125 cm³/mol. The van der Waals surface area contributed by atoms with Crippen LogP contribution < -0.4 is 27.2 Å². The maximum atomic E-state index is 13.1. The molecular weight excluding hydrogens is 410 g/mol. The lowest BCUT2D eigenvalue weighted by Crippen LogP contribution is -2.44. The summed E-state index contributed by atoms with van der Waals surface area (Å²) >= 11 is 0. The van der Waals surface area contributed by atoms with Gasteiger partial charge < -0.3 is 20.7 Å². The lowest BCUT2D eigenvalue weighted by molar-refractivity contribution is -0.117. The third-order valence-electron chi connectivity index (χ3n) is 4.92. The summed E-state index contributed by atoms with van der Waals surface area (Å²) < 4.78 is 6.35. The van der Waals surface area contributed by atoms with Gasteiger partial charge in [0.2, 0.25) is 5.91 Å². The van der Waals surface area contributed by atoms with Gasteiger partial charge in [-0.1, -0.05) is 48.5 Å². The van der Waals surface area contributed by atoms with Crippen LogP contribution in [0.25, 0.3) is 0 Å². The Kier molecular flexibility index (Phi) is 7.82. The fourth-order valence-electron chi connectivity index (χ4n) is 3.32. The number of nitrogen functional groups attached to an aromatic ring is 1. The van der Waals surface area contributed by atoms with Crippen LogP contribution in [0.5, 0.6) is 0 Å². The number of amides is 1. The van der Waals surface area contributed by atoms with Gasteiger partial charge in [-0.25, -0.2) is 4.79 Å². The summed E-state index contributed by atoms with van der Waals surface area (Å²) in [6.45, 7) is 0.725. The highest BCUT2D eigenvalue weighted by Crippen LogP contribution is 2.19. The third-order valence-corrected chi connectivity index (χ3v) is 4.92. The van der Waals surface area contributed by atoms with Crippen LogP contribution in [0.3, 0.4) is 0 Å². The minimum absolute atomic E-state index is 0.0449. The molecular formula is C23H27N5O4. The number of aromatic amines is 1. The van der Waals surface area contributed by atoms with Crippen LogP contribution in [0.2, 0.25) is 0 Å². The molecule has 1 heterocycles. The summed E-state index contributed by atoms with van der Waals surface area (Å²) in [6, 6.07) is 18.5. The number of H-pyrrole nitrogens is 1. The monoisotopic (exact) mass is 437 g/mol. The molecule has 1 aromatic heterocycles.